The Labute approximate surface area is 125 Å². The lowest BCUT2D eigenvalue weighted by atomic mass is 9.87. The Morgan fingerprint density at radius 1 is 1.38 bits per heavy atom. The van der Waals surface area contributed by atoms with E-state index in [-0.39, 0.29) is 23.4 Å². The molecule has 0 aliphatic heterocycles. The molecule has 0 saturated heterocycles. The average molecular weight is 294 g/mol. The monoisotopic (exact) mass is 294 g/mol. The fourth-order valence-electron chi connectivity index (χ4n) is 1.96. The molecule has 0 aromatic heterocycles. The van der Waals surface area contributed by atoms with Crippen LogP contribution in [0.4, 0.5) is 10.1 Å². The van der Waals surface area contributed by atoms with E-state index in [1.54, 1.807) is 6.07 Å². The maximum Gasteiger partial charge on any atom is 0.242 e. The van der Waals surface area contributed by atoms with Gasteiger partial charge in [-0.05, 0) is 29.5 Å². The fourth-order valence-corrected chi connectivity index (χ4v) is 1.96. The second kappa shape index (κ2) is 7.20. The number of anilines is 1. The van der Waals surface area contributed by atoms with Gasteiger partial charge in [0.1, 0.15) is 18.1 Å². The van der Waals surface area contributed by atoms with E-state index < -0.39 is 11.9 Å². The Bertz CT molecular complexity index is 509. The lowest BCUT2D eigenvalue weighted by Gasteiger charge is -2.22. The molecule has 1 atom stereocenters. The molecule has 116 valence electrons. The Morgan fingerprint density at radius 2 is 2.05 bits per heavy atom. The summed E-state index contributed by atoms with van der Waals surface area (Å²) >= 11 is 0. The van der Waals surface area contributed by atoms with Crippen LogP contribution in [0.5, 0.6) is 0 Å². The van der Waals surface area contributed by atoms with E-state index >= 15 is 0 Å². The smallest absolute Gasteiger partial charge is 0.242 e. The first kappa shape index (κ1) is 17.1. The zero-order valence-corrected chi connectivity index (χ0v) is 13.0. The number of aldehydes is 1. The number of nitrogens with one attached hydrogen (secondary N) is 2. The molecule has 0 fully saturated rings. The molecule has 1 aromatic carbocycles. The van der Waals surface area contributed by atoms with Gasteiger partial charge in [-0.3, -0.25) is 4.79 Å². The topological polar surface area (TPSA) is 58.2 Å². The first-order valence-corrected chi connectivity index (χ1v) is 7.01. The molecule has 4 nitrogen and oxygen atoms in total. The third kappa shape index (κ3) is 4.85. The molecule has 0 heterocycles. The van der Waals surface area contributed by atoms with Crippen LogP contribution in [0.25, 0.3) is 0 Å². The Kier molecular flexibility index (Phi) is 5.88. The Morgan fingerprint density at radius 3 is 2.52 bits per heavy atom. The van der Waals surface area contributed by atoms with Crippen LogP contribution < -0.4 is 10.6 Å². The summed E-state index contributed by atoms with van der Waals surface area (Å²) in [6.45, 7) is 6.02. The first-order chi connectivity index (χ1) is 9.79. The van der Waals surface area contributed by atoms with Gasteiger partial charge in [0.15, 0.2) is 0 Å². The van der Waals surface area contributed by atoms with Crippen LogP contribution in [0.3, 0.4) is 0 Å². The Balaban J connectivity index is 2.93. The quantitative estimate of drug-likeness (QED) is 0.793. The zero-order chi connectivity index (χ0) is 16.0. The third-order valence-corrected chi connectivity index (χ3v) is 3.30. The van der Waals surface area contributed by atoms with Crippen molar-refractivity contribution in [3.63, 3.8) is 0 Å². The van der Waals surface area contributed by atoms with Crippen LogP contribution in [-0.2, 0) is 15.0 Å². The average Bonchev–Trinajstić information content (AvgIpc) is 2.43. The summed E-state index contributed by atoms with van der Waals surface area (Å²) < 4.78 is 14.2. The predicted octanol–water partition coefficient (Wildman–Crippen LogP) is 2.63. The van der Waals surface area contributed by atoms with Crippen LogP contribution >= 0.6 is 0 Å². The van der Waals surface area contributed by atoms with E-state index in [4.69, 9.17) is 0 Å². The van der Waals surface area contributed by atoms with Crippen molar-refractivity contribution in [2.75, 3.05) is 12.4 Å². The van der Waals surface area contributed by atoms with Gasteiger partial charge in [-0.15, -0.1) is 0 Å². The highest BCUT2D eigenvalue weighted by Gasteiger charge is 2.20. The molecule has 0 saturated carbocycles. The summed E-state index contributed by atoms with van der Waals surface area (Å²) in [4.78, 5) is 22.2. The van der Waals surface area contributed by atoms with E-state index in [1.807, 2.05) is 26.8 Å². The molecule has 21 heavy (non-hydrogen) atoms. The van der Waals surface area contributed by atoms with E-state index in [0.29, 0.717) is 6.42 Å². The molecular weight excluding hydrogens is 271 g/mol. The fraction of sp³-hybridized carbons (Fsp3) is 0.500. The molecule has 0 radical (unpaired) electrons. The molecule has 0 bridgehead atoms. The van der Waals surface area contributed by atoms with Crippen molar-refractivity contribution < 1.29 is 14.0 Å². The highest BCUT2D eigenvalue weighted by Crippen LogP contribution is 2.26. The van der Waals surface area contributed by atoms with Gasteiger partial charge in [-0.2, -0.15) is 0 Å². The summed E-state index contributed by atoms with van der Waals surface area (Å²) in [5.41, 5.74) is 1.01. The van der Waals surface area contributed by atoms with Crippen molar-refractivity contribution in [1.29, 1.82) is 0 Å². The zero-order valence-electron chi connectivity index (χ0n) is 13.0. The summed E-state index contributed by atoms with van der Waals surface area (Å²) in [6, 6.07) is 4.32. The molecule has 1 rings (SSSR count). The van der Waals surface area contributed by atoms with Crippen LogP contribution in [0.15, 0.2) is 18.2 Å². The van der Waals surface area contributed by atoms with E-state index in [9.17, 15) is 14.0 Å². The Hall–Kier alpha value is -1.91. The SMILES string of the molecule is CNC(=O)C(CCC=O)Nc1ccc(C(C)(C)C)cc1F. The van der Waals surface area contributed by atoms with Gasteiger partial charge in [0.2, 0.25) is 5.91 Å². The number of amides is 1. The standard InChI is InChI=1S/C16H23FN2O2/c1-16(2,3)11-7-8-13(12(17)10-11)19-14(6-5-9-20)15(21)18-4/h7-10,14,19H,5-6H2,1-4H3,(H,18,21). The maximum atomic E-state index is 14.2. The lowest BCUT2D eigenvalue weighted by Crippen LogP contribution is -2.38. The summed E-state index contributed by atoms with van der Waals surface area (Å²) in [5, 5.41) is 5.38. The van der Waals surface area contributed by atoms with Gasteiger partial charge < -0.3 is 15.4 Å². The lowest BCUT2D eigenvalue weighted by molar-refractivity contribution is -0.121. The van der Waals surface area contributed by atoms with Gasteiger partial charge in [-0.1, -0.05) is 26.8 Å². The van der Waals surface area contributed by atoms with Crippen molar-refractivity contribution in [2.45, 2.75) is 45.1 Å². The minimum atomic E-state index is -0.629. The van der Waals surface area contributed by atoms with Gasteiger partial charge >= 0.3 is 0 Å². The number of hydrogen-bond donors (Lipinski definition) is 2. The van der Waals surface area contributed by atoms with Crippen molar-refractivity contribution in [2.24, 2.45) is 0 Å². The minimum Gasteiger partial charge on any atom is -0.371 e. The minimum absolute atomic E-state index is 0.142. The van der Waals surface area contributed by atoms with E-state index in [0.717, 1.165) is 11.8 Å². The van der Waals surface area contributed by atoms with Gasteiger partial charge in [-0.25, -0.2) is 4.39 Å². The van der Waals surface area contributed by atoms with Crippen LogP contribution in [0, 0.1) is 5.82 Å². The van der Waals surface area contributed by atoms with Crippen LogP contribution in [-0.4, -0.2) is 25.3 Å². The molecule has 2 N–H and O–H groups in total. The first-order valence-electron chi connectivity index (χ1n) is 7.01. The van der Waals surface area contributed by atoms with Crippen molar-refractivity contribution in [3.05, 3.63) is 29.6 Å². The largest absolute Gasteiger partial charge is 0.371 e. The molecule has 0 aliphatic carbocycles. The number of halogens is 1. The van der Waals surface area contributed by atoms with Crippen molar-refractivity contribution in [1.82, 2.24) is 5.32 Å². The van der Waals surface area contributed by atoms with E-state index in [1.165, 1.54) is 13.1 Å². The van der Waals surface area contributed by atoms with Crippen molar-refractivity contribution in [3.8, 4) is 0 Å². The number of rotatable bonds is 6. The van der Waals surface area contributed by atoms with Crippen molar-refractivity contribution >= 4 is 17.9 Å². The third-order valence-electron chi connectivity index (χ3n) is 3.30. The second-order valence-electron chi connectivity index (χ2n) is 6.00. The number of likely N-dealkylation sites (N-methyl/N-ethyl adjacent to an activating group) is 1. The highest BCUT2D eigenvalue weighted by molar-refractivity contribution is 5.84. The number of benzene rings is 1. The summed E-state index contributed by atoms with van der Waals surface area (Å²) in [7, 11) is 1.51. The van der Waals surface area contributed by atoms with Crippen LogP contribution in [0.1, 0.15) is 39.2 Å². The molecule has 5 heteroatoms. The molecule has 0 aliphatic rings. The maximum absolute atomic E-state index is 14.2. The van der Waals surface area contributed by atoms with Gasteiger partial charge in [0, 0.05) is 13.5 Å². The number of hydrogen-bond acceptors (Lipinski definition) is 3. The van der Waals surface area contributed by atoms with Gasteiger partial charge in [0.25, 0.3) is 0 Å². The molecule has 1 unspecified atom stereocenters. The summed E-state index contributed by atoms with van der Waals surface area (Å²) in [5.74, 6) is -0.668. The predicted molar refractivity (Wildman–Crippen MR) is 81.9 cm³/mol. The van der Waals surface area contributed by atoms with Gasteiger partial charge in [0.05, 0.1) is 5.69 Å². The normalized spacial score (nSPS) is 12.6. The molecule has 0 spiro atoms. The molecular formula is C16H23FN2O2. The number of carbonyl (C=O) groups excluding carboxylic acids is 2. The number of carbonyl (C=O) groups is 2. The molecule has 1 aromatic rings. The highest BCUT2D eigenvalue weighted by atomic mass is 19.1. The molecule has 1 amide bonds. The second-order valence-corrected chi connectivity index (χ2v) is 6.00. The van der Waals surface area contributed by atoms with E-state index in [2.05, 4.69) is 10.6 Å². The summed E-state index contributed by atoms with van der Waals surface area (Å²) in [6.07, 6.45) is 1.31. The van der Waals surface area contributed by atoms with Crippen LogP contribution in [0.2, 0.25) is 0 Å².